The molecule has 1 saturated carbocycles. The molecule has 6 nitrogen and oxygen atoms in total. The van der Waals surface area contributed by atoms with Gasteiger partial charge in [0, 0.05) is 12.4 Å². The van der Waals surface area contributed by atoms with E-state index in [2.05, 4.69) is 10.4 Å². The van der Waals surface area contributed by atoms with Crippen LogP contribution in [0.3, 0.4) is 0 Å². The Bertz CT molecular complexity index is 692. The largest absolute Gasteiger partial charge is 0.481 e. The molecule has 1 aromatic carbocycles. The first-order valence-corrected chi connectivity index (χ1v) is 6.53. The number of carboxylic acid groups (broad SMARTS) is 1. The van der Waals surface area contributed by atoms with Crippen LogP contribution in [0.15, 0.2) is 24.3 Å². The lowest BCUT2D eigenvalue weighted by Gasteiger charge is -2.31. The van der Waals surface area contributed by atoms with E-state index < -0.39 is 17.8 Å². The lowest BCUT2D eigenvalue weighted by atomic mass is 9.73. The maximum absolute atomic E-state index is 12.1. The van der Waals surface area contributed by atoms with Crippen LogP contribution < -0.4 is 5.32 Å². The van der Waals surface area contributed by atoms with Crippen molar-refractivity contribution in [2.75, 3.05) is 5.32 Å². The minimum absolute atomic E-state index is 0.257. The minimum atomic E-state index is -0.901. The molecule has 0 saturated heterocycles. The van der Waals surface area contributed by atoms with Gasteiger partial charge in [0.25, 0.3) is 0 Å². The maximum Gasteiger partial charge on any atom is 0.307 e. The number of carboxylic acids is 1. The molecule has 0 bridgehead atoms. The standard InChI is InChI=1S/C14H15N3O3/c1-17-11-5-3-2-4-10(11)12(16-17)15-13(18)8-6-7-9(8)14(19)20/h2-5,8-9H,6-7H2,1H3,(H,19,20)(H,15,16,18). The normalized spacial score (nSPS) is 21.4. The first-order chi connectivity index (χ1) is 9.58. The zero-order chi connectivity index (χ0) is 14.3. The molecule has 1 aromatic heterocycles. The predicted octanol–water partition coefficient (Wildman–Crippen LogP) is 1.62. The second kappa shape index (κ2) is 4.63. The van der Waals surface area contributed by atoms with Gasteiger partial charge >= 0.3 is 5.97 Å². The summed E-state index contributed by atoms with van der Waals surface area (Å²) in [5.41, 5.74) is 0.922. The summed E-state index contributed by atoms with van der Waals surface area (Å²) in [6.45, 7) is 0. The Morgan fingerprint density at radius 2 is 2.00 bits per heavy atom. The van der Waals surface area contributed by atoms with Gasteiger partial charge in [-0.3, -0.25) is 14.3 Å². The third-order valence-electron chi connectivity index (χ3n) is 3.93. The van der Waals surface area contributed by atoms with E-state index in [4.69, 9.17) is 5.11 Å². The van der Waals surface area contributed by atoms with Crippen molar-refractivity contribution >= 4 is 28.6 Å². The van der Waals surface area contributed by atoms with Gasteiger partial charge in [0.05, 0.1) is 17.4 Å². The molecule has 104 valence electrons. The fourth-order valence-corrected chi connectivity index (χ4v) is 2.62. The average molecular weight is 273 g/mol. The van der Waals surface area contributed by atoms with Gasteiger partial charge in [0.15, 0.2) is 5.82 Å². The molecule has 0 aliphatic heterocycles. The second-order valence-corrected chi connectivity index (χ2v) is 5.11. The number of amides is 1. The molecule has 1 amide bonds. The number of rotatable bonds is 3. The van der Waals surface area contributed by atoms with Crippen LogP contribution in [0.1, 0.15) is 12.8 Å². The number of aliphatic carboxylic acids is 1. The van der Waals surface area contributed by atoms with Crippen LogP contribution in [0.2, 0.25) is 0 Å². The van der Waals surface area contributed by atoms with Crippen molar-refractivity contribution in [1.29, 1.82) is 0 Å². The van der Waals surface area contributed by atoms with Crippen LogP contribution in [0, 0.1) is 11.8 Å². The summed E-state index contributed by atoms with van der Waals surface area (Å²) in [5.74, 6) is -1.68. The summed E-state index contributed by atoms with van der Waals surface area (Å²) in [7, 11) is 1.81. The highest BCUT2D eigenvalue weighted by Gasteiger charge is 2.41. The first-order valence-electron chi connectivity index (χ1n) is 6.53. The van der Waals surface area contributed by atoms with E-state index in [0.717, 1.165) is 10.9 Å². The van der Waals surface area contributed by atoms with E-state index >= 15 is 0 Å². The molecule has 1 aliphatic carbocycles. The molecule has 6 heteroatoms. The highest BCUT2D eigenvalue weighted by Crippen LogP contribution is 2.35. The molecule has 2 aromatic rings. The van der Waals surface area contributed by atoms with Gasteiger partial charge in [-0.15, -0.1) is 0 Å². The van der Waals surface area contributed by atoms with E-state index in [-0.39, 0.29) is 5.91 Å². The number of hydrogen-bond donors (Lipinski definition) is 2. The number of anilines is 1. The van der Waals surface area contributed by atoms with Crippen LogP contribution in [-0.2, 0) is 16.6 Å². The summed E-state index contributed by atoms with van der Waals surface area (Å²) >= 11 is 0. The molecule has 0 radical (unpaired) electrons. The summed E-state index contributed by atoms with van der Waals surface area (Å²) in [6, 6.07) is 7.58. The number of fused-ring (bicyclic) bond motifs is 1. The van der Waals surface area contributed by atoms with E-state index in [0.29, 0.717) is 18.7 Å². The molecule has 20 heavy (non-hydrogen) atoms. The third-order valence-corrected chi connectivity index (χ3v) is 3.93. The SMILES string of the molecule is Cn1nc(NC(=O)C2CCC2C(=O)O)c2ccccc21. The van der Waals surface area contributed by atoms with Gasteiger partial charge in [0.2, 0.25) is 5.91 Å². The van der Waals surface area contributed by atoms with Gasteiger partial charge in [-0.1, -0.05) is 12.1 Å². The Morgan fingerprint density at radius 1 is 1.30 bits per heavy atom. The van der Waals surface area contributed by atoms with Crippen molar-refractivity contribution in [2.24, 2.45) is 18.9 Å². The van der Waals surface area contributed by atoms with E-state index in [9.17, 15) is 9.59 Å². The Balaban J connectivity index is 1.83. The zero-order valence-corrected chi connectivity index (χ0v) is 11.0. The smallest absolute Gasteiger partial charge is 0.307 e. The first kappa shape index (κ1) is 12.7. The van der Waals surface area contributed by atoms with E-state index in [1.54, 1.807) is 11.7 Å². The van der Waals surface area contributed by atoms with Crippen LogP contribution in [0.25, 0.3) is 10.9 Å². The highest BCUT2D eigenvalue weighted by atomic mass is 16.4. The molecule has 2 atom stereocenters. The number of aryl methyl sites for hydroxylation is 1. The summed E-state index contributed by atoms with van der Waals surface area (Å²) in [5, 5.41) is 16.9. The summed E-state index contributed by atoms with van der Waals surface area (Å²) < 4.78 is 1.69. The Morgan fingerprint density at radius 3 is 2.65 bits per heavy atom. The molecule has 2 unspecified atom stereocenters. The van der Waals surface area contributed by atoms with Gasteiger partial charge in [-0.05, 0) is 25.0 Å². The maximum atomic E-state index is 12.1. The van der Waals surface area contributed by atoms with E-state index in [1.807, 2.05) is 24.3 Å². The van der Waals surface area contributed by atoms with Crippen molar-refractivity contribution in [3.05, 3.63) is 24.3 Å². The molecule has 0 spiro atoms. The second-order valence-electron chi connectivity index (χ2n) is 5.11. The number of hydrogen-bond acceptors (Lipinski definition) is 3. The van der Waals surface area contributed by atoms with Gasteiger partial charge in [0.1, 0.15) is 0 Å². The van der Waals surface area contributed by atoms with Crippen molar-refractivity contribution in [1.82, 2.24) is 9.78 Å². The molecule has 1 fully saturated rings. The van der Waals surface area contributed by atoms with Crippen molar-refractivity contribution in [3.8, 4) is 0 Å². The molecular formula is C14H15N3O3. The van der Waals surface area contributed by atoms with Crippen molar-refractivity contribution in [2.45, 2.75) is 12.8 Å². The fraction of sp³-hybridized carbons (Fsp3) is 0.357. The van der Waals surface area contributed by atoms with Crippen LogP contribution in [0.5, 0.6) is 0 Å². The van der Waals surface area contributed by atoms with Crippen LogP contribution in [-0.4, -0.2) is 26.8 Å². The monoisotopic (exact) mass is 273 g/mol. The van der Waals surface area contributed by atoms with Gasteiger partial charge in [-0.25, -0.2) is 0 Å². The number of benzene rings is 1. The van der Waals surface area contributed by atoms with Crippen LogP contribution in [0.4, 0.5) is 5.82 Å². The minimum Gasteiger partial charge on any atom is -0.481 e. The summed E-state index contributed by atoms with van der Waals surface area (Å²) in [4.78, 5) is 23.1. The predicted molar refractivity (Wildman–Crippen MR) is 73.2 cm³/mol. The van der Waals surface area contributed by atoms with Crippen molar-refractivity contribution in [3.63, 3.8) is 0 Å². The number of carbonyl (C=O) groups excluding carboxylic acids is 1. The van der Waals surface area contributed by atoms with Gasteiger partial charge < -0.3 is 10.4 Å². The van der Waals surface area contributed by atoms with Crippen molar-refractivity contribution < 1.29 is 14.7 Å². The van der Waals surface area contributed by atoms with E-state index in [1.165, 1.54) is 0 Å². The summed E-state index contributed by atoms with van der Waals surface area (Å²) in [6.07, 6.45) is 1.18. The number of nitrogens with zero attached hydrogens (tertiary/aromatic N) is 2. The average Bonchev–Trinajstić information content (AvgIpc) is 2.65. The molecule has 2 N–H and O–H groups in total. The number of aromatic nitrogens is 2. The lowest BCUT2D eigenvalue weighted by molar-refractivity contribution is -0.151. The molecular weight excluding hydrogens is 258 g/mol. The molecule has 1 heterocycles. The molecule has 1 aliphatic rings. The highest BCUT2D eigenvalue weighted by molar-refractivity contribution is 6.02. The topological polar surface area (TPSA) is 84.2 Å². The molecule has 3 rings (SSSR count). The fourth-order valence-electron chi connectivity index (χ4n) is 2.62. The number of nitrogens with one attached hydrogen (secondary N) is 1. The zero-order valence-electron chi connectivity index (χ0n) is 11.0. The van der Waals surface area contributed by atoms with Crippen LogP contribution >= 0.6 is 0 Å². The third kappa shape index (κ3) is 1.93. The number of carbonyl (C=O) groups is 2. The quantitative estimate of drug-likeness (QED) is 0.890. The Kier molecular flexibility index (Phi) is 2.93. The number of para-hydroxylation sites is 1. The Labute approximate surface area is 115 Å². The lowest BCUT2D eigenvalue weighted by Crippen LogP contribution is -2.41. The van der Waals surface area contributed by atoms with Gasteiger partial charge in [-0.2, -0.15) is 5.10 Å². The Hall–Kier alpha value is -2.37.